The average molecular weight is 349 g/mol. The van der Waals surface area contributed by atoms with Gasteiger partial charge in [-0.25, -0.2) is 4.98 Å². The molecule has 0 unspecified atom stereocenters. The summed E-state index contributed by atoms with van der Waals surface area (Å²) in [6.07, 6.45) is 5.11. The van der Waals surface area contributed by atoms with Gasteiger partial charge in [-0.1, -0.05) is 60.7 Å². The van der Waals surface area contributed by atoms with Crippen LogP contribution in [0.15, 0.2) is 84.4 Å². The molecule has 0 amide bonds. The number of nitrogens with one attached hydrogen (secondary N) is 1. The Morgan fingerprint density at radius 1 is 1.08 bits per heavy atom. The summed E-state index contributed by atoms with van der Waals surface area (Å²) in [6, 6.07) is 19.5. The fraction of sp³-hybridized carbons (Fsp3) is 0.100. The van der Waals surface area contributed by atoms with Gasteiger partial charge in [-0.15, -0.1) is 11.8 Å². The van der Waals surface area contributed by atoms with E-state index in [1.54, 1.807) is 35.0 Å². The zero-order chi connectivity index (χ0) is 17.5. The second-order valence-corrected chi connectivity index (χ2v) is 6.35. The molecule has 5 heteroatoms. The number of benzene rings is 2. The normalized spacial score (nSPS) is 11.7. The van der Waals surface area contributed by atoms with Crippen molar-refractivity contribution in [2.75, 3.05) is 7.05 Å². The van der Waals surface area contributed by atoms with Gasteiger partial charge in [0.1, 0.15) is 5.70 Å². The van der Waals surface area contributed by atoms with Gasteiger partial charge in [0.25, 0.3) is 0 Å². The van der Waals surface area contributed by atoms with Crippen molar-refractivity contribution in [3.63, 3.8) is 0 Å². The number of Topliss-reactive ketones (excluding diaryl/α,β-unsaturated/α-hetero) is 1. The molecule has 0 spiro atoms. The van der Waals surface area contributed by atoms with E-state index in [1.807, 2.05) is 55.6 Å². The second kappa shape index (κ2) is 8.35. The van der Waals surface area contributed by atoms with E-state index >= 15 is 0 Å². The van der Waals surface area contributed by atoms with Crippen molar-refractivity contribution < 1.29 is 4.79 Å². The molecule has 0 aliphatic heterocycles. The van der Waals surface area contributed by atoms with Crippen LogP contribution in [0.5, 0.6) is 0 Å². The van der Waals surface area contributed by atoms with Gasteiger partial charge in [0.2, 0.25) is 5.78 Å². The number of aromatic nitrogens is 2. The first kappa shape index (κ1) is 17.0. The van der Waals surface area contributed by atoms with Crippen molar-refractivity contribution in [3.05, 3.63) is 95.5 Å². The zero-order valence-electron chi connectivity index (χ0n) is 13.9. The number of ketones is 1. The van der Waals surface area contributed by atoms with Crippen molar-refractivity contribution >= 4 is 23.2 Å². The highest BCUT2D eigenvalue weighted by Gasteiger charge is 2.19. The summed E-state index contributed by atoms with van der Waals surface area (Å²) in [5.41, 5.74) is 2.43. The van der Waals surface area contributed by atoms with E-state index < -0.39 is 0 Å². The van der Waals surface area contributed by atoms with Crippen LogP contribution < -0.4 is 5.32 Å². The monoisotopic (exact) mass is 349 g/mol. The lowest BCUT2D eigenvalue weighted by atomic mass is 10.1. The molecule has 2 aromatic carbocycles. The van der Waals surface area contributed by atoms with E-state index in [0.717, 1.165) is 10.8 Å². The van der Waals surface area contributed by atoms with Crippen molar-refractivity contribution in [3.8, 4) is 0 Å². The number of carbonyl (C=O) groups is 1. The van der Waals surface area contributed by atoms with E-state index in [2.05, 4.69) is 22.4 Å². The lowest BCUT2D eigenvalue weighted by molar-refractivity contribution is 0.105. The molecule has 1 aromatic heterocycles. The summed E-state index contributed by atoms with van der Waals surface area (Å²) < 4.78 is 1.76. The van der Waals surface area contributed by atoms with Gasteiger partial charge < -0.3 is 9.88 Å². The Labute approximate surface area is 151 Å². The van der Waals surface area contributed by atoms with Crippen molar-refractivity contribution in [1.29, 1.82) is 0 Å². The number of imidazole rings is 1. The fourth-order valence-corrected chi connectivity index (χ4v) is 3.43. The van der Waals surface area contributed by atoms with E-state index in [-0.39, 0.29) is 5.78 Å². The maximum Gasteiger partial charge on any atom is 0.212 e. The number of thioether (sulfide) groups is 1. The predicted octanol–water partition coefficient (Wildman–Crippen LogP) is 4.04. The fourth-order valence-electron chi connectivity index (χ4n) is 2.44. The summed E-state index contributed by atoms with van der Waals surface area (Å²) in [5.74, 6) is 0.737. The topological polar surface area (TPSA) is 46.9 Å². The van der Waals surface area contributed by atoms with Crippen LogP contribution in [0.1, 0.15) is 15.9 Å². The van der Waals surface area contributed by atoms with Gasteiger partial charge in [-0.3, -0.25) is 4.79 Å². The van der Waals surface area contributed by atoms with Crippen LogP contribution >= 0.6 is 11.8 Å². The number of hydrogen-bond donors (Lipinski definition) is 1. The van der Waals surface area contributed by atoms with E-state index in [0.29, 0.717) is 11.3 Å². The molecule has 1 N–H and O–H groups in total. The standard InChI is InChI=1S/C20H19N3OS/c1-21-20(25-14-16-8-4-2-5-9-16)18(23-13-12-22-15-23)19(24)17-10-6-3-7-11-17/h2-13,15,21H,14H2,1H3. The van der Waals surface area contributed by atoms with Crippen LogP contribution in [0.4, 0.5) is 0 Å². The Morgan fingerprint density at radius 3 is 2.36 bits per heavy atom. The summed E-state index contributed by atoms with van der Waals surface area (Å²) in [6.45, 7) is 0. The molecule has 0 atom stereocenters. The van der Waals surface area contributed by atoms with E-state index in [4.69, 9.17) is 0 Å². The van der Waals surface area contributed by atoms with Crippen LogP contribution in [0.2, 0.25) is 0 Å². The summed E-state index contributed by atoms with van der Waals surface area (Å²) in [7, 11) is 1.84. The Hall–Kier alpha value is -2.79. The number of rotatable bonds is 7. The van der Waals surface area contributed by atoms with Gasteiger partial charge in [0.05, 0.1) is 11.4 Å². The SMILES string of the molecule is CNC(SCc1ccccc1)=C(C(=O)c1ccccc1)n1ccnc1. The number of allylic oxidation sites excluding steroid dienone is 1. The first-order valence-electron chi connectivity index (χ1n) is 7.96. The third-order valence-electron chi connectivity index (χ3n) is 3.68. The Balaban J connectivity index is 1.96. The molecule has 25 heavy (non-hydrogen) atoms. The van der Waals surface area contributed by atoms with E-state index in [1.165, 1.54) is 5.56 Å². The van der Waals surface area contributed by atoms with Crippen molar-refractivity contribution in [2.24, 2.45) is 0 Å². The largest absolute Gasteiger partial charge is 0.381 e. The molecule has 4 nitrogen and oxygen atoms in total. The Morgan fingerprint density at radius 2 is 1.76 bits per heavy atom. The summed E-state index contributed by atoms with van der Waals surface area (Å²) >= 11 is 1.60. The summed E-state index contributed by atoms with van der Waals surface area (Å²) in [4.78, 5) is 17.2. The smallest absolute Gasteiger partial charge is 0.212 e. The maximum absolute atomic E-state index is 13.1. The maximum atomic E-state index is 13.1. The highest BCUT2D eigenvalue weighted by atomic mass is 32.2. The molecule has 0 aliphatic rings. The molecule has 1 heterocycles. The minimum absolute atomic E-state index is 0.0384. The van der Waals surface area contributed by atoms with Crippen molar-refractivity contribution in [2.45, 2.75) is 5.75 Å². The second-order valence-electron chi connectivity index (χ2n) is 5.37. The number of carbonyl (C=O) groups excluding carboxylic acids is 1. The Bertz CT molecular complexity index is 843. The minimum Gasteiger partial charge on any atom is -0.381 e. The lowest BCUT2D eigenvalue weighted by Crippen LogP contribution is -2.16. The minimum atomic E-state index is -0.0384. The number of hydrogen-bond acceptors (Lipinski definition) is 4. The quantitative estimate of drug-likeness (QED) is 0.516. The predicted molar refractivity (Wildman–Crippen MR) is 103 cm³/mol. The molecule has 0 fully saturated rings. The molecule has 0 bridgehead atoms. The molecule has 3 rings (SSSR count). The van der Waals surface area contributed by atoms with Gasteiger partial charge in [0.15, 0.2) is 0 Å². The molecule has 0 radical (unpaired) electrons. The van der Waals surface area contributed by atoms with E-state index in [9.17, 15) is 4.79 Å². The number of nitrogens with zero attached hydrogens (tertiary/aromatic N) is 2. The van der Waals surface area contributed by atoms with Gasteiger partial charge in [-0.05, 0) is 5.56 Å². The molecule has 0 saturated carbocycles. The van der Waals surface area contributed by atoms with Crippen LogP contribution in [0.25, 0.3) is 5.70 Å². The molecular weight excluding hydrogens is 330 g/mol. The third-order valence-corrected chi connectivity index (χ3v) is 4.85. The van der Waals surface area contributed by atoms with Crippen molar-refractivity contribution in [1.82, 2.24) is 14.9 Å². The van der Waals surface area contributed by atoms with Crippen LogP contribution in [-0.2, 0) is 5.75 Å². The van der Waals surface area contributed by atoms with Gasteiger partial charge in [0, 0.05) is 30.8 Å². The summed E-state index contributed by atoms with van der Waals surface area (Å²) in [5, 5.41) is 4.00. The third kappa shape index (κ3) is 4.19. The molecular formula is C20H19N3OS. The highest BCUT2D eigenvalue weighted by molar-refractivity contribution is 8.02. The Kier molecular flexibility index (Phi) is 5.69. The molecule has 0 saturated heterocycles. The first-order valence-corrected chi connectivity index (χ1v) is 8.95. The lowest BCUT2D eigenvalue weighted by Gasteiger charge is -2.15. The van der Waals surface area contributed by atoms with Crippen LogP contribution in [0, 0.1) is 0 Å². The first-order chi connectivity index (χ1) is 12.3. The average Bonchev–Trinajstić information content (AvgIpc) is 3.20. The van der Waals surface area contributed by atoms with Gasteiger partial charge >= 0.3 is 0 Å². The van der Waals surface area contributed by atoms with Gasteiger partial charge in [-0.2, -0.15) is 0 Å². The molecule has 3 aromatic rings. The molecule has 0 aliphatic carbocycles. The zero-order valence-corrected chi connectivity index (χ0v) is 14.7. The highest BCUT2D eigenvalue weighted by Crippen LogP contribution is 2.26. The van der Waals surface area contributed by atoms with Crippen LogP contribution in [-0.4, -0.2) is 22.4 Å². The molecule has 126 valence electrons. The van der Waals surface area contributed by atoms with Crippen LogP contribution in [0.3, 0.4) is 0 Å².